The van der Waals surface area contributed by atoms with E-state index in [1.807, 2.05) is 29.1 Å². The van der Waals surface area contributed by atoms with Crippen molar-refractivity contribution in [2.24, 2.45) is 10.9 Å². The molecular formula is C24H24ClN8O7S2+. The van der Waals surface area contributed by atoms with Crippen molar-refractivity contribution in [2.45, 2.75) is 24.4 Å². The van der Waals surface area contributed by atoms with E-state index in [2.05, 4.69) is 20.4 Å². The lowest BCUT2D eigenvalue weighted by molar-refractivity contribution is -0.664. The lowest BCUT2D eigenvalue weighted by Gasteiger charge is -2.49. The Morgan fingerprint density at radius 3 is 2.81 bits per heavy atom. The fourth-order valence-electron chi connectivity index (χ4n) is 4.73. The minimum Gasteiger partial charge on any atom is -0.479 e. The fourth-order valence-corrected chi connectivity index (χ4v) is 6.99. The van der Waals surface area contributed by atoms with Crippen molar-refractivity contribution in [1.82, 2.24) is 20.2 Å². The highest BCUT2D eigenvalue weighted by Crippen LogP contribution is 2.40. The topological polar surface area (TPSA) is 230 Å². The van der Waals surface area contributed by atoms with Crippen LogP contribution in [0.1, 0.15) is 11.3 Å². The number of amides is 2. The summed E-state index contributed by atoms with van der Waals surface area (Å²) in [5.74, 6) is -3.90. The summed E-state index contributed by atoms with van der Waals surface area (Å²) in [5, 5.41) is 25.3. The first kappa shape index (κ1) is 29.3. The van der Waals surface area contributed by atoms with Gasteiger partial charge in [-0.2, -0.15) is 0 Å². The number of H-pyrrole nitrogens is 1. The van der Waals surface area contributed by atoms with Crippen LogP contribution in [0.15, 0.2) is 41.0 Å². The molecular weight excluding hydrogens is 612 g/mol. The molecule has 0 saturated carbocycles. The molecule has 0 aliphatic carbocycles. The highest BCUT2D eigenvalue weighted by atomic mass is 35.5. The van der Waals surface area contributed by atoms with Gasteiger partial charge in [-0.15, -0.1) is 11.8 Å². The quantitative estimate of drug-likeness (QED) is 0.0704. The van der Waals surface area contributed by atoms with Gasteiger partial charge in [0.2, 0.25) is 6.61 Å². The largest absolute Gasteiger partial charge is 0.479 e. The van der Waals surface area contributed by atoms with Crippen LogP contribution in [0.5, 0.6) is 0 Å². The fraction of sp³-hybridized carbons (Fsp3) is 0.292. The Bertz CT molecular complexity index is 1670. The molecule has 0 spiro atoms. The molecule has 1 saturated heterocycles. The summed E-state index contributed by atoms with van der Waals surface area (Å²) in [6.07, 6.45) is 4.37. The number of anilines is 1. The number of nitrogen functional groups attached to an aromatic ring is 1. The number of carbonyl (C=O) groups excluding carboxylic acids is 2. The lowest BCUT2D eigenvalue weighted by Crippen LogP contribution is -2.71. The molecule has 2 amide bonds. The second-order valence-corrected chi connectivity index (χ2v) is 11.9. The zero-order chi connectivity index (χ0) is 30.1. The van der Waals surface area contributed by atoms with Gasteiger partial charge in [0, 0.05) is 16.9 Å². The van der Waals surface area contributed by atoms with E-state index in [1.54, 1.807) is 0 Å². The minimum absolute atomic E-state index is 0.000553. The molecule has 2 atom stereocenters. The second-order valence-electron chi connectivity index (χ2n) is 9.15. The first-order chi connectivity index (χ1) is 20.1. The molecule has 5 heterocycles. The summed E-state index contributed by atoms with van der Waals surface area (Å²) < 4.78 is 1.88. The van der Waals surface area contributed by atoms with Gasteiger partial charge in [-0.05, 0) is 25.1 Å². The molecule has 220 valence electrons. The number of nitrogens with zero attached hydrogens (tertiary/aromatic N) is 4. The number of hydrogen-bond acceptors (Lipinski definition) is 11. The van der Waals surface area contributed by atoms with Crippen molar-refractivity contribution in [3.8, 4) is 0 Å². The summed E-state index contributed by atoms with van der Waals surface area (Å²) in [6, 6.07) is 2.71. The number of thiazole rings is 1. The number of halogens is 1. The number of aromatic amines is 1. The number of pyridine rings is 1. The van der Waals surface area contributed by atoms with Crippen LogP contribution in [0.3, 0.4) is 0 Å². The molecule has 0 bridgehead atoms. The van der Waals surface area contributed by atoms with Gasteiger partial charge in [-0.3, -0.25) is 14.5 Å². The Hall–Kier alpha value is -4.19. The summed E-state index contributed by atoms with van der Waals surface area (Å²) in [6.45, 7) is -0.152. The van der Waals surface area contributed by atoms with E-state index < -0.39 is 47.5 Å². The van der Waals surface area contributed by atoms with Gasteiger partial charge in [0.05, 0.1) is 17.8 Å². The molecule has 0 radical (unpaired) electrons. The molecule has 8 N–H and O–H groups in total. The molecule has 3 aromatic heterocycles. The number of β-lactam (4-membered cyclic amide) rings is 1. The minimum atomic E-state index is -1.34. The van der Waals surface area contributed by atoms with Gasteiger partial charge in [-0.1, -0.05) is 28.1 Å². The number of carboxylic acids is 2. The summed E-state index contributed by atoms with van der Waals surface area (Å²) >= 11 is 8.27. The Kier molecular flexibility index (Phi) is 8.35. The summed E-state index contributed by atoms with van der Waals surface area (Å²) in [4.78, 5) is 62.7. The van der Waals surface area contributed by atoms with Crippen LogP contribution < -0.4 is 21.4 Å². The van der Waals surface area contributed by atoms with E-state index in [1.165, 1.54) is 11.8 Å². The summed E-state index contributed by atoms with van der Waals surface area (Å²) in [5.41, 5.74) is 13.0. The molecule has 2 aliphatic rings. The smallest absolute Gasteiger partial charge is 0.352 e. The highest BCUT2D eigenvalue weighted by Gasteiger charge is 2.54. The van der Waals surface area contributed by atoms with Gasteiger partial charge < -0.3 is 31.8 Å². The van der Waals surface area contributed by atoms with Crippen LogP contribution in [0.25, 0.3) is 11.0 Å². The SMILES string of the molecule is NCCc1c[nH]c2c1ccc[n+]2CC1=C(C(=O)O)N2C(=O)[C@@H](NC(=O)/C(=N\OCC(=O)O)c3nc(N)sc3Cl)[C@H]2SC1. The third-order valence-electron chi connectivity index (χ3n) is 6.50. The van der Waals surface area contributed by atoms with Crippen LogP contribution in [0, 0.1) is 0 Å². The maximum Gasteiger partial charge on any atom is 0.352 e. The molecule has 42 heavy (non-hydrogen) atoms. The van der Waals surface area contributed by atoms with Crippen molar-refractivity contribution in [3.63, 3.8) is 0 Å². The van der Waals surface area contributed by atoms with Crippen molar-refractivity contribution in [3.05, 3.63) is 51.4 Å². The monoisotopic (exact) mass is 635 g/mol. The first-order valence-electron chi connectivity index (χ1n) is 12.3. The molecule has 0 aromatic carbocycles. The summed E-state index contributed by atoms with van der Waals surface area (Å²) in [7, 11) is 0. The van der Waals surface area contributed by atoms with Gasteiger partial charge >= 0.3 is 11.9 Å². The number of carboxylic acid groups (broad SMARTS) is 2. The maximum atomic E-state index is 13.2. The van der Waals surface area contributed by atoms with E-state index in [0.29, 0.717) is 18.5 Å². The van der Waals surface area contributed by atoms with Gasteiger partial charge in [0.1, 0.15) is 33.7 Å². The zero-order valence-corrected chi connectivity index (χ0v) is 24.0. The molecule has 3 aromatic rings. The number of aromatic nitrogens is 3. The Balaban J connectivity index is 1.38. The predicted octanol–water partition coefficient (Wildman–Crippen LogP) is -0.107. The number of nitrogens with one attached hydrogen (secondary N) is 2. The average molecular weight is 636 g/mol. The zero-order valence-electron chi connectivity index (χ0n) is 21.6. The Morgan fingerprint density at radius 2 is 2.14 bits per heavy atom. The number of aliphatic carboxylic acids is 2. The Labute approximate surface area is 250 Å². The molecule has 5 rings (SSSR count). The number of thioether (sulfide) groups is 1. The van der Waals surface area contributed by atoms with E-state index in [-0.39, 0.29) is 33.2 Å². The number of rotatable bonds is 11. The van der Waals surface area contributed by atoms with Crippen molar-refractivity contribution in [1.29, 1.82) is 0 Å². The van der Waals surface area contributed by atoms with E-state index in [4.69, 9.17) is 33.0 Å². The third-order valence-corrected chi connectivity index (χ3v) is 8.92. The van der Waals surface area contributed by atoms with Gasteiger partial charge in [0.15, 0.2) is 10.8 Å². The molecule has 0 unspecified atom stereocenters. The molecule has 2 aliphatic heterocycles. The molecule has 15 nitrogen and oxygen atoms in total. The first-order valence-corrected chi connectivity index (χ1v) is 14.6. The second kappa shape index (κ2) is 12.0. The van der Waals surface area contributed by atoms with Crippen LogP contribution >= 0.6 is 34.7 Å². The van der Waals surface area contributed by atoms with Crippen LogP contribution in [-0.2, 0) is 37.0 Å². The van der Waals surface area contributed by atoms with Crippen LogP contribution in [0.2, 0.25) is 4.34 Å². The van der Waals surface area contributed by atoms with Crippen molar-refractivity contribution >= 4 is 80.3 Å². The molecule has 18 heteroatoms. The van der Waals surface area contributed by atoms with Gasteiger partial charge in [-0.25, -0.2) is 24.1 Å². The van der Waals surface area contributed by atoms with E-state index in [0.717, 1.165) is 32.8 Å². The van der Waals surface area contributed by atoms with Gasteiger partial charge in [0.25, 0.3) is 17.5 Å². The highest BCUT2D eigenvalue weighted by molar-refractivity contribution is 8.00. The lowest BCUT2D eigenvalue weighted by atomic mass is 10.0. The van der Waals surface area contributed by atoms with Crippen molar-refractivity contribution < 1.29 is 38.8 Å². The maximum absolute atomic E-state index is 13.2. The van der Waals surface area contributed by atoms with Crippen molar-refractivity contribution in [2.75, 3.05) is 24.6 Å². The predicted molar refractivity (Wildman–Crippen MR) is 153 cm³/mol. The Morgan fingerprint density at radius 1 is 1.36 bits per heavy atom. The average Bonchev–Trinajstić information content (AvgIpc) is 3.51. The number of oxime groups is 1. The van der Waals surface area contributed by atoms with Crippen LogP contribution in [0.4, 0.5) is 5.13 Å². The van der Waals surface area contributed by atoms with E-state index in [9.17, 15) is 24.3 Å². The number of hydrogen-bond donors (Lipinski definition) is 6. The normalized spacial score (nSPS) is 18.6. The van der Waals surface area contributed by atoms with E-state index >= 15 is 0 Å². The number of fused-ring (bicyclic) bond motifs is 2. The standard InChI is InChI=1S/C24H23ClN8O7S2/c25-18-14(30-24(27)42-18)15(31-40-8-13(34)35)20(36)29-16-21(37)33-17(23(38)39)11(9-41-22(16)33)7-32-5-1-2-12-10(3-4-26)6-28-19(12)32/h1-2,5-6,16,22H,3-4,7-9,26H2,(H5,27,29,30,34,35,36,38,39)/p+1/b31-15-/t16-,22-/m1/s1. The molecule has 1 fully saturated rings. The van der Waals surface area contributed by atoms with Crippen LogP contribution in [-0.4, -0.2) is 84.9 Å². The number of nitrogens with two attached hydrogens (primary N) is 2. The number of carbonyl (C=O) groups is 4. The third kappa shape index (κ3) is 5.50.